The van der Waals surface area contributed by atoms with Crippen LogP contribution < -0.4 is 15.5 Å². The quantitative estimate of drug-likeness (QED) is 0.614. The number of nitrogens with one attached hydrogen (secondary N) is 2. The standard InChI is InChI=1S/C21H21FN4O3/c22-13-19(27)24-16-7-6-15(14-4-2-1-3-5-14)21(28)20(16)17-12-18(25-29-17)26-10-8-23-9-11-26/h1-7,12,23,28H,8-11,13H2,(H,24,27). The van der Waals surface area contributed by atoms with Crippen LogP contribution in [0.2, 0.25) is 0 Å². The van der Waals surface area contributed by atoms with Crippen LogP contribution >= 0.6 is 0 Å². The monoisotopic (exact) mass is 396 g/mol. The van der Waals surface area contributed by atoms with Crippen LogP contribution in [0.25, 0.3) is 22.5 Å². The summed E-state index contributed by atoms with van der Waals surface area (Å²) in [6.45, 7) is 2.09. The van der Waals surface area contributed by atoms with Crippen molar-refractivity contribution in [2.45, 2.75) is 0 Å². The zero-order chi connectivity index (χ0) is 20.2. The van der Waals surface area contributed by atoms with Gasteiger partial charge in [0.1, 0.15) is 5.75 Å². The predicted molar refractivity (Wildman–Crippen MR) is 109 cm³/mol. The summed E-state index contributed by atoms with van der Waals surface area (Å²) in [6.07, 6.45) is 0. The minimum Gasteiger partial charge on any atom is -0.506 e. The summed E-state index contributed by atoms with van der Waals surface area (Å²) in [4.78, 5) is 13.7. The topological polar surface area (TPSA) is 90.6 Å². The Kier molecular flexibility index (Phi) is 5.44. The molecular weight excluding hydrogens is 375 g/mol. The van der Waals surface area contributed by atoms with Crippen LogP contribution in [-0.4, -0.2) is 49.0 Å². The number of piperazine rings is 1. The third-order valence-corrected chi connectivity index (χ3v) is 4.84. The summed E-state index contributed by atoms with van der Waals surface area (Å²) in [6, 6.07) is 14.4. The van der Waals surface area contributed by atoms with Crippen molar-refractivity contribution in [3.63, 3.8) is 0 Å². The zero-order valence-corrected chi connectivity index (χ0v) is 15.7. The number of phenols is 1. The third-order valence-electron chi connectivity index (χ3n) is 4.84. The Bertz CT molecular complexity index is 1000. The Balaban J connectivity index is 1.78. The molecule has 29 heavy (non-hydrogen) atoms. The average molecular weight is 396 g/mol. The fraction of sp³-hybridized carbons (Fsp3) is 0.238. The van der Waals surface area contributed by atoms with E-state index in [1.807, 2.05) is 30.3 Å². The molecule has 0 aliphatic carbocycles. The van der Waals surface area contributed by atoms with Crippen LogP contribution in [0.3, 0.4) is 0 Å². The molecule has 1 fully saturated rings. The Morgan fingerprint density at radius 1 is 1.21 bits per heavy atom. The van der Waals surface area contributed by atoms with Crippen molar-refractivity contribution in [1.82, 2.24) is 10.5 Å². The van der Waals surface area contributed by atoms with E-state index in [-0.39, 0.29) is 17.0 Å². The number of hydrogen-bond donors (Lipinski definition) is 3. The van der Waals surface area contributed by atoms with Crippen LogP contribution in [0.1, 0.15) is 0 Å². The maximum absolute atomic E-state index is 12.8. The largest absolute Gasteiger partial charge is 0.506 e. The van der Waals surface area contributed by atoms with Gasteiger partial charge in [-0.15, -0.1) is 0 Å². The lowest BCUT2D eigenvalue weighted by Crippen LogP contribution is -2.43. The molecule has 1 aliphatic rings. The summed E-state index contributed by atoms with van der Waals surface area (Å²) < 4.78 is 18.3. The van der Waals surface area contributed by atoms with Crippen LogP contribution in [0, 0.1) is 0 Å². The van der Waals surface area contributed by atoms with Crippen LogP contribution in [0.4, 0.5) is 15.9 Å². The Hall–Kier alpha value is -3.39. The smallest absolute Gasteiger partial charge is 0.255 e. The van der Waals surface area contributed by atoms with E-state index in [4.69, 9.17) is 4.52 Å². The first kappa shape index (κ1) is 18.9. The number of nitrogens with zero attached hydrogens (tertiary/aromatic N) is 2. The highest BCUT2D eigenvalue weighted by Gasteiger charge is 2.23. The highest BCUT2D eigenvalue weighted by Crippen LogP contribution is 2.43. The zero-order valence-electron chi connectivity index (χ0n) is 15.7. The molecule has 2 aromatic carbocycles. The van der Waals surface area contributed by atoms with E-state index in [2.05, 4.69) is 20.7 Å². The molecule has 1 aromatic heterocycles. The van der Waals surface area contributed by atoms with E-state index in [0.717, 1.165) is 31.7 Å². The summed E-state index contributed by atoms with van der Waals surface area (Å²) in [5.74, 6) is 0.0626. The van der Waals surface area contributed by atoms with Crippen LogP contribution in [-0.2, 0) is 4.79 Å². The lowest BCUT2D eigenvalue weighted by Gasteiger charge is -2.26. The lowest BCUT2D eigenvalue weighted by molar-refractivity contribution is -0.117. The van der Waals surface area contributed by atoms with Gasteiger partial charge in [0.2, 0.25) is 0 Å². The van der Waals surface area contributed by atoms with Gasteiger partial charge < -0.3 is 25.2 Å². The van der Waals surface area contributed by atoms with Crippen molar-refractivity contribution in [2.75, 3.05) is 43.1 Å². The molecule has 0 bridgehead atoms. The maximum atomic E-state index is 12.8. The molecule has 1 amide bonds. The van der Waals surface area contributed by atoms with Crippen molar-refractivity contribution >= 4 is 17.4 Å². The number of benzene rings is 2. The second kappa shape index (κ2) is 8.32. The van der Waals surface area contributed by atoms with Crippen LogP contribution in [0.5, 0.6) is 5.75 Å². The Labute approximate surface area is 167 Å². The van der Waals surface area contributed by atoms with E-state index in [0.29, 0.717) is 17.1 Å². The molecule has 1 saturated heterocycles. The van der Waals surface area contributed by atoms with Crippen molar-refractivity contribution in [2.24, 2.45) is 0 Å². The minimum atomic E-state index is -1.16. The number of halogens is 1. The minimum absolute atomic E-state index is 0.0733. The number of carbonyl (C=O) groups excluding carboxylic acids is 1. The number of aromatic hydroxyl groups is 1. The summed E-state index contributed by atoms with van der Waals surface area (Å²) in [5, 5.41) is 20.9. The molecule has 2 heterocycles. The first-order valence-corrected chi connectivity index (χ1v) is 9.37. The number of amides is 1. The number of hydrogen-bond acceptors (Lipinski definition) is 6. The van der Waals surface area contributed by atoms with E-state index < -0.39 is 12.6 Å². The van der Waals surface area contributed by atoms with Gasteiger partial charge in [-0.2, -0.15) is 0 Å². The van der Waals surface area contributed by atoms with Crippen molar-refractivity contribution in [1.29, 1.82) is 0 Å². The van der Waals surface area contributed by atoms with Gasteiger partial charge >= 0.3 is 0 Å². The van der Waals surface area contributed by atoms with Gasteiger partial charge in [0.25, 0.3) is 5.91 Å². The normalized spacial score (nSPS) is 14.0. The number of alkyl halides is 1. The van der Waals surface area contributed by atoms with E-state index in [9.17, 15) is 14.3 Å². The van der Waals surface area contributed by atoms with Crippen molar-refractivity contribution in [3.8, 4) is 28.2 Å². The molecule has 150 valence electrons. The summed E-state index contributed by atoms with van der Waals surface area (Å²) in [5.41, 5.74) is 1.89. The van der Waals surface area contributed by atoms with E-state index >= 15 is 0 Å². The number of aromatic nitrogens is 1. The lowest BCUT2D eigenvalue weighted by atomic mass is 9.98. The first-order valence-electron chi connectivity index (χ1n) is 9.37. The van der Waals surface area contributed by atoms with E-state index in [1.165, 1.54) is 0 Å². The molecule has 3 N–H and O–H groups in total. The third kappa shape index (κ3) is 3.93. The number of rotatable bonds is 5. The van der Waals surface area contributed by atoms with Gasteiger partial charge in [0, 0.05) is 37.8 Å². The highest BCUT2D eigenvalue weighted by molar-refractivity contribution is 5.99. The summed E-state index contributed by atoms with van der Waals surface area (Å²) >= 11 is 0. The molecular formula is C21H21FN4O3. The fourth-order valence-electron chi connectivity index (χ4n) is 3.41. The first-order chi connectivity index (χ1) is 14.2. The average Bonchev–Trinajstić information content (AvgIpc) is 3.25. The Morgan fingerprint density at radius 2 is 1.97 bits per heavy atom. The molecule has 0 saturated carbocycles. The van der Waals surface area contributed by atoms with Gasteiger partial charge in [0.05, 0.1) is 11.3 Å². The second-order valence-electron chi connectivity index (χ2n) is 6.72. The molecule has 3 aromatic rings. The van der Waals surface area contributed by atoms with Gasteiger partial charge in [-0.25, -0.2) is 4.39 Å². The van der Waals surface area contributed by atoms with Gasteiger partial charge in [-0.05, 0) is 17.7 Å². The number of carbonyl (C=O) groups is 1. The van der Waals surface area contributed by atoms with Crippen molar-refractivity contribution < 1.29 is 18.8 Å². The second-order valence-corrected chi connectivity index (χ2v) is 6.72. The predicted octanol–water partition coefficient (Wildman–Crippen LogP) is 3.03. The molecule has 7 nitrogen and oxygen atoms in total. The molecule has 0 unspecified atom stereocenters. The Morgan fingerprint density at radius 3 is 2.69 bits per heavy atom. The van der Waals surface area contributed by atoms with Gasteiger partial charge in [-0.1, -0.05) is 35.5 Å². The molecule has 4 rings (SSSR count). The maximum Gasteiger partial charge on any atom is 0.255 e. The molecule has 0 radical (unpaired) electrons. The summed E-state index contributed by atoms with van der Waals surface area (Å²) in [7, 11) is 0. The molecule has 0 atom stereocenters. The van der Waals surface area contributed by atoms with Gasteiger partial charge in [-0.3, -0.25) is 4.79 Å². The highest BCUT2D eigenvalue weighted by atomic mass is 19.1. The molecule has 8 heteroatoms. The molecule has 1 aliphatic heterocycles. The fourth-order valence-corrected chi connectivity index (χ4v) is 3.41. The van der Waals surface area contributed by atoms with Crippen molar-refractivity contribution in [3.05, 3.63) is 48.5 Å². The number of phenolic OH excluding ortho intramolecular Hbond substituents is 1. The SMILES string of the molecule is O=C(CF)Nc1ccc(-c2ccccc2)c(O)c1-c1cc(N2CCNCC2)no1. The molecule has 0 spiro atoms. The van der Waals surface area contributed by atoms with Gasteiger partial charge in [0.15, 0.2) is 18.3 Å². The van der Waals surface area contributed by atoms with E-state index in [1.54, 1.807) is 18.2 Å². The number of anilines is 2. The van der Waals surface area contributed by atoms with Crippen LogP contribution in [0.15, 0.2) is 53.1 Å².